The molecule has 1 unspecified atom stereocenters. The van der Waals surface area contributed by atoms with Gasteiger partial charge in [0.05, 0.1) is 0 Å². The zero-order valence-electron chi connectivity index (χ0n) is 20.6. The van der Waals surface area contributed by atoms with Crippen molar-refractivity contribution in [2.45, 2.75) is 26.4 Å². The summed E-state index contributed by atoms with van der Waals surface area (Å²) in [6.45, 7) is 5.52. The quantitative estimate of drug-likeness (QED) is 0.441. The molecule has 1 aliphatic heterocycles. The first-order valence-electron chi connectivity index (χ1n) is 12.0. The molecule has 1 saturated heterocycles. The molecule has 3 heterocycles. The topological polar surface area (TPSA) is 93.3 Å². The monoisotopic (exact) mass is 484 g/mol. The second-order valence-electron chi connectivity index (χ2n) is 9.25. The van der Waals surface area contributed by atoms with Gasteiger partial charge in [0.15, 0.2) is 11.5 Å². The molecule has 0 spiro atoms. The van der Waals surface area contributed by atoms with Crippen LogP contribution in [0.4, 0.5) is 5.69 Å². The zero-order valence-corrected chi connectivity index (χ0v) is 20.6. The number of benzene rings is 2. The summed E-state index contributed by atoms with van der Waals surface area (Å²) < 4.78 is 2.28. The van der Waals surface area contributed by atoms with Crippen molar-refractivity contribution in [3.8, 4) is 11.4 Å². The van der Waals surface area contributed by atoms with Crippen molar-refractivity contribution < 1.29 is 4.79 Å². The number of aryl methyl sites for hydroxylation is 2. The van der Waals surface area contributed by atoms with E-state index in [0.717, 1.165) is 15.8 Å². The highest BCUT2D eigenvalue weighted by Gasteiger charge is 2.28. The number of carbonyl (C=O) groups excluding carboxylic acids is 1. The van der Waals surface area contributed by atoms with E-state index in [1.807, 2.05) is 36.4 Å². The van der Waals surface area contributed by atoms with Crippen molar-refractivity contribution in [2.24, 2.45) is 7.05 Å². The predicted molar refractivity (Wildman–Crippen MR) is 139 cm³/mol. The van der Waals surface area contributed by atoms with Crippen molar-refractivity contribution in [3.63, 3.8) is 0 Å². The minimum Gasteiger partial charge on any atom is -0.365 e. The van der Waals surface area contributed by atoms with E-state index in [4.69, 9.17) is 0 Å². The number of piperazine rings is 1. The third-order valence-electron chi connectivity index (χ3n) is 6.72. The van der Waals surface area contributed by atoms with Crippen LogP contribution < -0.4 is 16.1 Å². The van der Waals surface area contributed by atoms with Crippen molar-refractivity contribution in [1.82, 2.24) is 24.0 Å². The van der Waals surface area contributed by atoms with Crippen LogP contribution in [0, 0.1) is 6.92 Å². The summed E-state index contributed by atoms with van der Waals surface area (Å²) >= 11 is 0. The number of nitrogens with zero attached hydrogens (tertiary/aromatic N) is 6. The largest absolute Gasteiger partial charge is 0.365 e. The third-order valence-corrected chi connectivity index (χ3v) is 6.72. The Labute approximate surface area is 208 Å². The van der Waals surface area contributed by atoms with Gasteiger partial charge in [-0.05, 0) is 31.5 Å². The van der Waals surface area contributed by atoms with Crippen LogP contribution in [0.25, 0.3) is 22.4 Å². The highest BCUT2D eigenvalue weighted by Crippen LogP contribution is 2.22. The number of aromatic nitrogens is 4. The summed E-state index contributed by atoms with van der Waals surface area (Å²) in [5.41, 5.74) is 2.19. The molecule has 0 N–H and O–H groups in total. The van der Waals surface area contributed by atoms with Crippen LogP contribution in [-0.4, -0.2) is 55.6 Å². The molecule has 0 saturated carbocycles. The summed E-state index contributed by atoms with van der Waals surface area (Å²) in [5, 5.41) is 0.196. The maximum absolute atomic E-state index is 13.2. The number of rotatable bonds is 4. The van der Waals surface area contributed by atoms with E-state index in [1.165, 1.54) is 16.3 Å². The number of hydrogen-bond donors (Lipinski definition) is 0. The Morgan fingerprint density at radius 1 is 1.06 bits per heavy atom. The fourth-order valence-electron chi connectivity index (χ4n) is 4.76. The molecule has 0 radical (unpaired) electrons. The fourth-order valence-corrected chi connectivity index (χ4v) is 4.76. The molecular formula is C27H28N6O3. The van der Waals surface area contributed by atoms with E-state index in [-0.39, 0.29) is 29.5 Å². The van der Waals surface area contributed by atoms with Gasteiger partial charge in [0.1, 0.15) is 11.9 Å². The number of fused-ring (bicyclic) bond motifs is 1. The van der Waals surface area contributed by atoms with Crippen LogP contribution in [-0.2, 0) is 18.4 Å². The Kier molecular flexibility index (Phi) is 6.13. The number of carbonyl (C=O) groups is 1. The van der Waals surface area contributed by atoms with Gasteiger partial charge in [0, 0.05) is 50.2 Å². The molecule has 0 bridgehead atoms. The molecule has 36 heavy (non-hydrogen) atoms. The lowest BCUT2D eigenvalue weighted by atomic mass is 10.1. The van der Waals surface area contributed by atoms with Gasteiger partial charge in [0.2, 0.25) is 5.91 Å². The van der Waals surface area contributed by atoms with Gasteiger partial charge in [-0.3, -0.25) is 18.7 Å². The fraction of sp³-hybridized carbons (Fsp3) is 0.296. The van der Waals surface area contributed by atoms with Gasteiger partial charge in [-0.15, -0.1) is 0 Å². The first-order valence-corrected chi connectivity index (χ1v) is 12.0. The smallest absolute Gasteiger partial charge is 0.332 e. The average molecular weight is 485 g/mol. The molecule has 9 heteroatoms. The zero-order chi connectivity index (χ0) is 25.4. The van der Waals surface area contributed by atoms with Gasteiger partial charge < -0.3 is 9.80 Å². The lowest BCUT2D eigenvalue weighted by Crippen LogP contribution is -2.55. The number of hydrogen-bond acceptors (Lipinski definition) is 6. The Bertz CT molecular complexity index is 1560. The van der Waals surface area contributed by atoms with Crippen LogP contribution in [0.3, 0.4) is 0 Å². The SMILES string of the molecule is Cc1cccc(N2CCN(C(=O)Cn3c(=O)c4cnc(-c5ccccc5)nc4n(C)c3=O)CC2C)c1. The summed E-state index contributed by atoms with van der Waals surface area (Å²) in [7, 11) is 1.55. The number of anilines is 1. The number of amides is 1. The van der Waals surface area contributed by atoms with E-state index >= 15 is 0 Å². The Morgan fingerprint density at radius 2 is 1.83 bits per heavy atom. The van der Waals surface area contributed by atoms with Gasteiger partial charge in [-0.2, -0.15) is 0 Å². The molecule has 1 fully saturated rings. The van der Waals surface area contributed by atoms with E-state index in [9.17, 15) is 14.4 Å². The van der Waals surface area contributed by atoms with Crippen LogP contribution >= 0.6 is 0 Å². The first kappa shape index (κ1) is 23.5. The normalized spacial score (nSPS) is 15.9. The molecule has 9 nitrogen and oxygen atoms in total. The molecule has 0 aliphatic carbocycles. The van der Waals surface area contributed by atoms with Crippen LogP contribution in [0.2, 0.25) is 0 Å². The predicted octanol–water partition coefficient (Wildman–Crippen LogP) is 2.20. The molecular weight excluding hydrogens is 456 g/mol. The molecule has 2 aromatic carbocycles. The summed E-state index contributed by atoms with van der Waals surface area (Å²) in [6, 6.07) is 17.7. The highest BCUT2D eigenvalue weighted by molar-refractivity contribution is 5.78. The van der Waals surface area contributed by atoms with Gasteiger partial charge >= 0.3 is 5.69 Å². The molecule has 4 aromatic rings. The van der Waals surface area contributed by atoms with Crippen LogP contribution in [0.5, 0.6) is 0 Å². The Balaban J connectivity index is 1.39. The first-order chi connectivity index (χ1) is 17.3. The van der Waals surface area contributed by atoms with Crippen molar-refractivity contribution in [3.05, 3.63) is 87.2 Å². The van der Waals surface area contributed by atoms with Gasteiger partial charge in [-0.25, -0.2) is 14.8 Å². The molecule has 2 aromatic heterocycles. The highest BCUT2D eigenvalue weighted by atomic mass is 16.2. The Hall–Kier alpha value is -4.27. The van der Waals surface area contributed by atoms with Gasteiger partial charge in [0.25, 0.3) is 5.56 Å². The minimum atomic E-state index is -0.579. The lowest BCUT2D eigenvalue weighted by Gasteiger charge is -2.41. The minimum absolute atomic E-state index is 0.102. The van der Waals surface area contributed by atoms with E-state index in [1.54, 1.807) is 11.9 Å². The third kappa shape index (κ3) is 4.28. The summed E-state index contributed by atoms with van der Waals surface area (Å²) in [6.07, 6.45) is 1.43. The molecule has 1 aliphatic rings. The lowest BCUT2D eigenvalue weighted by molar-refractivity contribution is -0.132. The summed E-state index contributed by atoms with van der Waals surface area (Å²) in [5.74, 6) is 0.165. The molecule has 5 rings (SSSR count). The second kappa shape index (κ2) is 9.41. The average Bonchev–Trinajstić information content (AvgIpc) is 2.90. The Morgan fingerprint density at radius 3 is 2.56 bits per heavy atom. The van der Waals surface area contributed by atoms with E-state index < -0.39 is 11.2 Å². The maximum atomic E-state index is 13.2. The van der Waals surface area contributed by atoms with E-state index in [2.05, 4.69) is 46.9 Å². The summed E-state index contributed by atoms with van der Waals surface area (Å²) in [4.78, 5) is 52.3. The van der Waals surface area contributed by atoms with Crippen molar-refractivity contribution in [2.75, 3.05) is 24.5 Å². The van der Waals surface area contributed by atoms with Crippen LogP contribution in [0.1, 0.15) is 12.5 Å². The van der Waals surface area contributed by atoms with Crippen LogP contribution in [0.15, 0.2) is 70.4 Å². The maximum Gasteiger partial charge on any atom is 0.332 e. The molecule has 1 atom stereocenters. The standard InChI is InChI=1S/C27H28N6O3/c1-18-8-7-11-21(14-18)32-13-12-31(16-19(32)2)23(34)17-33-26(35)22-15-28-24(20-9-5-4-6-10-20)29-25(22)30(3)27(33)36/h4-11,14-15,19H,12-13,16-17H2,1-3H3. The molecule has 1 amide bonds. The second-order valence-corrected chi connectivity index (χ2v) is 9.25. The van der Waals surface area contributed by atoms with Crippen molar-refractivity contribution >= 4 is 22.6 Å². The van der Waals surface area contributed by atoms with Crippen molar-refractivity contribution in [1.29, 1.82) is 0 Å². The van der Waals surface area contributed by atoms with Gasteiger partial charge in [-0.1, -0.05) is 42.5 Å². The van der Waals surface area contributed by atoms with E-state index in [0.29, 0.717) is 25.5 Å². The molecule has 184 valence electrons.